The molecule has 5 N–H and O–H groups in total. The van der Waals surface area contributed by atoms with Gasteiger partial charge < -0.3 is 30.3 Å². The summed E-state index contributed by atoms with van der Waals surface area (Å²) in [5, 5.41) is 47.2. The standard InChI is InChI=1S/C8H14O6/c1-3-7(12)6(11)5(10)4(2-9)14-8(3,7)13/h3-6,9-13H,2H2,1H3/t3?,4-,5-,6+,7-,8+/m1/s1. The van der Waals surface area contributed by atoms with E-state index in [1.165, 1.54) is 6.92 Å². The topological polar surface area (TPSA) is 110 Å². The largest absolute Gasteiger partial charge is 0.394 e. The first kappa shape index (κ1) is 10.3. The maximum absolute atomic E-state index is 9.76. The average Bonchev–Trinajstić information content (AvgIpc) is 2.60. The normalized spacial score (nSPS) is 62.1. The van der Waals surface area contributed by atoms with Gasteiger partial charge in [-0.15, -0.1) is 0 Å². The van der Waals surface area contributed by atoms with Crippen LogP contribution in [0.2, 0.25) is 0 Å². The highest BCUT2D eigenvalue weighted by molar-refractivity contribution is 5.26. The fourth-order valence-electron chi connectivity index (χ4n) is 2.19. The highest BCUT2D eigenvalue weighted by Gasteiger charge is 2.83. The molecule has 6 nitrogen and oxygen atoms in total. The molecule has 2 fully saturated rings. The number of fused-ring (bicyclic) bond motifs is 1. The zero-order valence-electron chi connectivity index (χ0n) is 7.66. The number of aliphatic hydroxyl groups is 5. The zero-order chi connectivity index (χ0) is 10.7. The molecule has 2 aliphatic rings. The highest BCUT2D eigenvalue weighted by atomic mass is 16.7. The minimum atomic E-state index is -1.85. The Balaban J connectivity index is 2.27. The van der Waals surface area contributed by atoms with Crippen LogP contribution < -0.4 is 0 Å². The minimum Gasteiger partial charge on any atom is -0.394 e. The number of ether oxygens (including phenoxy) is 1. The maximum Gasteiger partial charge on any atom is 0.204 e. The lowest BCUT2D eigenvalue weighted by Crippen LogP contribution is -2.58. The third-order valence-corrected chi connectivity index (χ3v) is 3.40. The lowest BCUT2D eigenvalue weighted by molar-refractivity contribution is -0.289. The molecule has 0 aromatic rings. The molecule has 1 aliphatic carbocycles. The van der Waals surface area contributed by atoms with Gasteiger partial charge in [0.25, 0.3) is 0 Å². The van der Waals surface area contributed by atoms with Crippen molar-refractivity contribution in [2.45, 2.75) is 36.6 Å². The predicted octanol–water partition coefficient (Wildman–Crippen LogP) is -2.83. The lowest BCUT2D eigenvalue weighted by atomic mass is 9.97. The monoisotopic (exact) mass is 206 g/mol. The van der Waals surface area contributed by atoms with Crippen molar-refractivity contribution in [2.24, 2.45) is 5.92 Å². The van der Waals surface area contributed by atoms with E-state index in [-0.39, 0.29) is 0 Å². The van der Waals surface area contributed by atoms with Gasteiger partial charge in [0.1, 0.15) is 18.3 Å². The fourth-order valence-corrected chi connectivity index (χ4v) is 2.19. The molecule has 0 bridgehead atoms. The second kappa shape index (κ2) is 2.66. The molecule has 14 heavy (non-hydrogen) atoms. The van der Waals surface area contributed by atoms with Crippen LogP contribution in [0.1, 0.15) is 6.92 Å². The van der Waals surface area contributed by atoms with E-state index in [9.17, 15) is 20.4 Å². The van der Waals surface area contributed by atoms with E-state index in [0.717, 1.165) is 0 Å². The Bertz CT molecular complexity index is 258. The van der Waals surface area contributed by atoms with E-state index in [0.29, 0.717) is 0 Å². The Kier molecular flexibility index (Phi) is 1.95. The summed E-state index contributed by atoms with van der Waals surface area (Å²) in [6.45, 7) is 0.971. The van der Waals surface area contributed by atoms with Crippen LogP contribution in [-0.2, 0) is 4.74 Å². The molecule has 1 saturated heterocycles. The Morgan fingerprint density at radius 3 is 2.36 bits per heavy atom. The van der Waals surface area contributed by atoms with Crippen LogP contribution in [0.15, 0.2) is 0 Å². The first-order chi connectivity index (χ1) is 6.39. The van der Waals surface area contributed by atoms with E-state index in [1.807, 2.05) is 0 Å². The molecule has 1 saturated carbocycles. The zero-order valence-corrected chi connectivity index (χ0v) is 7.66. The van der Waals surface area contributed by atoms with Gasteiger partial charge in [0, 0.05) is 5.92 Å². The van der Waals surface area contributed by atoms with Crippen LogP contribution >= 0.6 is 0 Å². The van der Waals surface area contributed by atoms with E-state index in [1.54, 1.807) is 0 Å². The van der Waals surface area contributed by atoms with Crippen LogP contribution in [-0.4, -0.2) is 61.8 Å². The fraction of sp³-hybridized carbons (Fsp3) is 1.00. The van der Waals surface area contributed by atoms with E-state index in [4.69, 9.17) is 9.84 Å². The van der Waals surface area contributed by atoms with Crippen LogP contribution in [0.4, 0.5) is 0 Å². The van der Waals surface area contributed by atoms with E-state index < -0.39 is 42.2 Å². The van der Waals surface area contributed by atoms with Crippen molar-refractivity contribution in [2.75, 3.05) is 6.61 Å². The van der Waals surface area contributed by atoms with Crippen LogP contribution in [0, 0.1) is 5.92 Å². The number of rotatable bonds is 1. The minimum absolute atomic E-state index is 0.524. The summed E-state index contributed by atoms with van der Waals surface area (Å²) in [7, 11) is 0. The molecule has 1 aliphatic heterocycles. The number of hydrogen-bond donors (Lipinski definition) is 5. The Morgan fingerprint density at radius 2 is 1.86 bits per heavy atom. The molecule has 0 amide bonds. The molecule has 1 heterocycles. The maximum atomic E-state index is 9.76. The first-order valence-electron chi connectivity index (χ1n) is 4.49. The molecule has 0 radical (unpaired) electrons. The summed E-state index contributed by atoms with van der Waals surface area (Å²) in [6, 6.07) is 0. The Morgan fingerprint density at radius 1 is 1.29 bits per heavy atom. The SMILES string of the molecule is CC1[C@]2(O)O[C@H](CO)[C@@H](O)[C@H](O)[C@]12O. The molecule has 2 rings (SSSR count). The van der Waals surface area contributed by atoms with Gasteiger partial charge in [0.2, 0.25) is 5.79 Å². The van der Waals surface area contributed by atoms with Crippen molar-refractivity contribution in [1.29, 1.82) is 0 Å². The molecule has 0 spiro atoms. The van der Waals surface area contributed by atoms with E-state index in [2.05, 4.69) is 0 Å². The van der Waals surface area contributed by atoms with Crippen molar-refractivity contribution in [3.05, 3.63) is 0 Å². The molecule has 82 valence electrons. The molecular formula is C8H14O6. The average molecular weight is 206 g/mol. The molecular weight excluding hydrogens is 192 g/mol. The summed E-state index contributed by atoms with van der Waals surface area (Å²) < 4.78 is 4.94. The van der Waals surface area contributed by atoms with Crippen LogP contribution in [0.25, 0.3) is 0 Å². The van der Waals surface area contributed by atoms with Gasteiger partial charge in [0.05, 0.1) is 6.61 Å². The number of aliphatic hydroxyl groups excluding tert-OH is 3. The molecule has 1 unspecified atom stereocenters. The Labute approximate surface area is 80.4 Å². The Hall–Kier alpha value is -0.240. The van der Waals surface area contributed by atoms with Gasteiger partial charge in [-0.3, -0.25) is 0 Å². The van der Waals surface area contributed by atoms with Crippen molar-refractivity contribution in [1.82, 2.24) is 0 Å². The summed E-state index contributed by atoms with van der Waals surface area (Å²) in [5.41, 5.74) is -1.82. The van der Waals surface area contributed by atoms with Gasteiger partial charge in [-0.1, -0.05) is 6.92 Å². The van der Waals surface area contributed by atoms with Gasteiger partial charge >= 0.3 is 0 Å². The van der Waals surface area contributed by atoms with Gasteiger partial charge in [0.15, 0.2) is 5.60 Å². The molecule has 0 aromatic heterocycles. The van der Waals surface area contributed by atoms with Gasteiger partial charge in [-0.2, -0.15) is 0 Å². The van der Waals surface area contributed by atoms with Crippen molar-refractivity contribution in [3.8, 4) is 0 Å². The molecule has 6 heteroatoms. The highest BCUT2D eigenvalue weighted by Crippen LogP contribution is 2.60. The second-order valence-electron chi connectivity index (χ2n) is 4.02. The van der Waals surface area contributed by atoms with Crippen LogP contribution in [0.5, 0.6) is 0 Å². The van der Waals surface area contributed by atoms with Crippen molar-refractivity contribution >= 4 is 0 Å². The van der Waals surface area contributed by atoms with Crippen molar-refractivity contribution < 1.29 is 30.3 Å². The molecule has 0 aromatic carbocycles. The third kappa shape index (κ3) is 0.861. The number of hydrogen-bond acceptors (Lipinski definition) is 6. The second-order valence-corrected chi connectivity index (χ2v) is 4.02. The summed E-state index contributed by atoms with van der Waals surface area (Å²) in [4.78, 5) is 0. The first-order valence-corrected chi connectivity index (χ1v) is 4.49. The van der Waals surface area contributed by atoms with Gasteiger partial charge in [-0.05, 0) is 0 Å². The predicted molar refractivity (Wildman–Crippen MR) is 43.0 cm³/mol. The molecule has 6 atom stereocenters. The van der Waals surface area contributed by atoms with Gasteiger partial charge in [-0.25, -0.2) is 0 Å². The quantitative estimate of drug-likeness (QED) is 0.316. The third-order valence-electron chi connectivity index (χ3n) is 3.40. The summed E-state index contributed by atoms with van der Waals surface area (Å²) in [5.74, 6) is -2.53. The smallest absolute Gasteiger partial charge is 0.204 e. The van der Waals surface area contributed by atoms with Crippen LogP contribution in [0.3, 0.4) is 0 Å². The summed E-state index contributed by atoms with van der Waals surface area (Å²) in [6.07, 6.45) is -3.97. The lowest BCUT2D eigenvalue weighted by Gasteiger charge is -2.36. The summed E-state index contributed by atoms with van der Waals surface area (Å²) >= 11 is 0. The van der Waals surface area contributed by atoms with Crippen molar-refractivity contribution in [3.63, 3.8) is 0 Å². The van der Waals surface area contributed by atoms with E-state index >= 15 is 0 Å².